The van der Waals surface area contributed by atoms with Crippen LogP contribution in [0.2, 0.25) is 10.3 Å². The summed E-state index contributed by atoms with van der Waals surface area (Å²) in [5.74, 6) is 0.208. The lowest BCUT2D eigenvalue weighted by molar-refractivity contribution is 0.581. The van der Waals surface area contributed by atoms with Crippen LogP contribution in [0, 0.1) is 0 Å². The summed E-state index contributed by atoms with van der Waals surface area (Å²) >= 11 is 11.7. The summed E-state index contributed by atoms with van der Waals surface area (Å²) in [5.41, 5.74) is 0.303. The Morgan fingerprint density at radius 2 is 1.86 bits per heavy atom. The van der Waals surface area contributed by atoms with E-state index in [-0.39, 0.29) is 21.0 Å². The molecule has 1 N–H and O–H groups in total. The minimum absolute atomic E-state index is 0.00797. The minimum atomic E-state index is -3.75. The zero-order valence-corrected chi connectivity index (χ0v) is 14.2. The maximum atomic E-state index is 12.6. The monoisotopic (exact) mass is 355 g/mol. The predicted molar refractivity (Wildman–Crippen MR) is 88.8 cm³/mol. The van der Waals surface area contributed by atoms with Gasteiger partial charge in [0.05, 0.1) is 24.6 Å². The Kier molecular flexibility index (Phi) is 4.70. The molecule has 0 amide bonds. The van der Waals surface area contributed by atoms with Gasteiger partial charge in [0, 0.05) is 4.65 Å². The molecule has 114 valence electrons. The summed E-state index contributed by atoms with van der Waals surface area (Å²) in [5, 5.41) is 3.06. The van der Waals surface area contributed by atoms with E-state index in [4.69, 9.17) is 31.0 Å². The SMILES string of the molecule is [B]C(C)(C)S(=O)(=O)c1ccccc1Nc1nc(Cl)ncc1Cl. The standard InChI is InChI=1S/C13H12BCl2N3O2S/c1-13(2,14)22(20,21)10-6-4-3-5-9(10)18-11-8(15)7-17-12(16)19-11/h3-7H,1-2H3,(H,17,18,19). The van der Waals surface area contributed by atoms with Gasteiger partial charge in [-0.2, -0.15) is 4.98 Å². The van der Waals surface area contributed by atoms with Crippen molar-refractivity contribution in [1.82, 2.24) is 9.97 Å². The van der Waals surface area contributed by atoms with Crippen molar-refractivity contribution in [3.63, 3.8) is 0 Å². The van der Waals surface area contributed by atoms with Crippen molar-refractivity contribution >= 4 is 52.4 Å². The Morgan fingerprint density at radius 1 is 1.23 bits per heavy atom. The summed E-state index contributed by atoms with van der Waals surface area (Å²) in [6.07, 6.45) is 1.32. The van der Waals surface area contributed by atoms with Gasteiger partial charge >= 0.3 is 0 Å². The molecule has 0 aliphatic rings. The van der Waals surface area contributed by atoms with E-state index in [1.54, 1.807) is 18.2 Å². The first-order chi connectivity index (χ1) is 10.1. The summed E-state index contributed by atoms with van der Waals surface area (Å²) in [6, 6.07) is 6.34. The van der Waals surface area contributed by atoms with Gasteiger partial charge in [-0.1, -0.05) is 37.6 Å². The number of nitrogens with zero attached hydrogens (tertiary/aromatic N) is 2. The lowest BCUT2D eigenvalue weighted by Gasteiger charge is -2.22. The van der Waals surface area contributed by atoms with Crippen LogP contribution in [0.15, 0.2) is 35.4 Å². The number of aromatic nitrogens is 2. The molecule has 2 radical (unpaired) electrons. The fourth-order valence-corrected chi connectivity index (χ4v) is 3.15. The van der Waals surface area contributed by atoms with E-state index in [1.165, 1.54) is 26.1 Å². The van der Waals surface area contributed by atoms with Gasteiger partial charge in [-0.15, -0.1) is 0 Å². The molecule has 0 spiro atoms. The highest BCUT2D eigenvalue weighted by Gasteiger charge is 2.32. The molecule has 0 aliphatic carbocycles. The molecule has 2 rings (SSSR count). The summed E-state index contributed by atoms with van der Waals surface area (Å²) in [4.78, 5) is 7.72. The summed E-state index contributed by atoms with van der Waals surface area (Å²) < 4.78 is 23.7. The van der Waals surface area contributed by atoms with Crippen LogP contribution in [-0.2, 0) is 9.84 Å². The third-order valence-electron chi connectivity index (χ3n) is 2.84. The predicted octanol–water partition coefficient (Wildman–Crippen LogP) is 3.21. The van der Waals surface area contributed by atoms with Gasteiger partial charge in [0.1, 0.15) is 5.02 Å². The van der Waals surface area contributed by atoms with Crippen molar-refractivity contribution in [3.8, 4) is 0 Å². The molecule has 0 atom stereocenters. The maximum Gasteiger partial charge on any atom is 0.224 e. The van der Waals surface area contributed by atoms with Crippen LogP contribution in [0.3, 0.4) is 0 Å². The molecule has 1 aromatic heterocycles. The van der Waals surface area contributed by atoms with Crippen LogP contribution < -0.4 is 5.32 Å². The molecule has 1 aromatic carbocycles. The van der Waals surface area contributed by atoms with Gasteiger partial charge in [-0.05, 0) is 23.7 Å². The van der Waals surface area contributed by atoms with Gasteiger partial charge in [-0.3, -0.25) is 0 Å². The van der Waals surface area contributed by atoms with Gasteiger partial charge in [0.2, 0.25) is 5.28 Å². The zero-order chi connectivity index (χ0) is 16.5. The molecule has 0 saturated heterocycles. The number of hydrogen-bond acceptors (Lipinski definition) is 5. The van der Waals surface area contributed by atoms with Crippen LogP contribution in [0.4, 0.5) is 11.5 Å². The molecular formula is C13H12BCl2N3O2S. The van der Waals surface area contributed by atoms with Gasteiger partial charge in [-0.25, -0.2) is 13.4 Å². The van der Waals surface area contributed by atoms with Gasteiger partial charge in [0.15, 0.2) is 15.7 Å². The third-order valence-corrected chi connectivity index (χ3v) is 5.62. The topological polar surface area (TPSA) is 72.0 Å². The van der Waals surface area contributed by atoms with E-state index in [0.717, 1.165) is 0 Å². The van der Waals surface area contributed by atoms with E-state index in [0.29, 0.717) is 5.69 Å². The second kappa shape index (κ2) is 6.06. The van der Waals surface area contributed by atoms with Crippen LogP contribution in [0.25, 0.3) is 0 Å². The van der Waals surface area contributed by atoms with E-state index < -0.39 is 14.5 Å². The number of nitrogens with one attached hydrogen (secondary N) is 1. The van der Waals surface area contributed by atoms with Crippen LogP contribution in [0.1, 0.15) is 13.8 Å². The Balaban J connectivity index is 2.53. The number of halogens is 2. The number of benzene rings is 1. The Labute approximate surface area is 140 Å². The Hall–Kier alpha value is -1.31. The largest absolute Gasteiger partial charge is 0.338 e. The summed E-state index contributed by atoms with van der Waals surface area (Å²) in [6.45, 7) is 2.85. The van der Waals surface area contributed by atoms with Crippen molar-refractivity contribution < 1.29 is 8.42 Å². The average Bonchev–Trinajstić information content (AvgIpc) is 2.42. The number of para-hydroxylation sites is 1. The number of sulfone groups is 1. The van der Waals surface area contributed by atoms with Crippen LogP contribution in [-0.4, -0.2) is 30.9 Å². The van der Waals surface area contributed by atoms with E-state index in [9.17, 15) is 8.42 Å². The van der Waals surface area contributed by atoms with Gasteiger partial charge < -0.3 is 5.32 Å². The normalized spacial score (nSPS) is 12.2. The van der Waals surface area contributed by atoms with Crippen molar-refractivity contribution in [1.29, 1.82) is 0 Å². The first-order valence-corrected chi connectivity index (χ1v) is 8.44. The number of hydrogen-bond donors (Lipinski definition) is 1. The van der Waals surface area contributed by atoms with E-state index in [2.05, 4.69) is 15.3 Å². The number of rotatable bonds is 4. The molecule has 0 aliphatic heterocycles. The smallest absolute Gasteiger partial charge is 0.224 e. The van der Waals surface area contributed by atoms with Crippen molar-refractivity contribution in [3.05, 3.63) is 40.8 Å². The first-order valence-electron chi connectivity index (χ1n) is 6.20. The molecule has 0 bridgehead atoms. The van der Waals surface area contributed by atoms with Crippen molar-refractivity contribution in [2.45, 2.75) is 23.4 Å². The van der Waals surface area contributed by atoms with Crippen LogP contribution in [0.5, 0.6) is 0 Å². The second-order valence-electron chi connectivity index (χ2n) is 5.06. The Bertz CT molecular complexity index is 807. The minimum Gasteiger partial charge on any atom is -0.338 e. The van der Waals surface area contributed by atoms with Crippen molar-refractivity contribution in [2.24, 2.45) is 0 Å². The van der Waals surface area contributed by atoms with E-state index >= 15 is 0 Å². The molecule has 22 heavy (non-hydrogen) atoms. The quantitative estimate of drug-likeness (QED) is 0.673. The summed E-state index contributed by atoms with van der Waals surface area (Å²) in [7, 11) is 2.02. The molecule has 2 aromatic rings. The lowest BCUT2D eigenvalue weighted by atomic mass is 9.91. The maximum absolute atomic E-state index is 12.6. The first kappa shape index (κ1) is 17.1. The van der Waals surface area contributed by atoms with Crippen LogP contribution >= 0.6 is 23.2 Å². The molecule has 1 heterocycles. The third kappa shape index (κ3) is 3.37. The Morgan fingerprint density at radius 3 is 2.50 bits per heavy atom. The molecule has 5 nitrogen and oxygen atoms in total. The fraction of sp³-hybridized carbons (Fsp3) is 0.231. The average molecular weight is 356 g/mol. The molecular weight excluding hydrogens is 344 g/mol. The molecule has 0 saturated carbocycles. The van der Waals surface area contributed by atoms with Crippen molar-refractivity contribution in [2.75, 3.05) is 5.32 Å². The zero-order valence-electron chi connectivity index (χ0n) is 11.8. The fourth-order valence-electron chi connectivity index (χ4n) is 1.65. The highest BCUT2D eigenvalue weighted by atomic mass is 35.5. The highest BCUT2D eigenvalue weighted by molar-refractivity contribution is 7.94. The molecule has 0 fully saturated rings. The molecule has 9 heteroatoms. The lowest BCUT2D eigenvalue weighted by Crippen LogP contribution is -2.32. The number of anilines is 2. The highest BCUT2D eigenvalue weighted by Crippen LogP contribution is 2.32. The second-order valence-corrected chi connectivity index (χ2v) is 8.31. The molecule has 0 unspecified atom stereocenters. The van der Waals surface area contributed by atoms with E-state index in [1.807, 2.05) is 0 Å². The van der Waals surface area contributed by atoms with Gasteiger partial charge in [0.25, 0.3) is 0 Å².